The maximum atomic E-state index is 12.8. The minimum Gasteiger partial charge on any atom is -0.465 e. The predicted molar refractivity (Wildman–Crippen MR) is 157 cm³/mol. The van der Waals surface area contributed by atoms with Crippen molar-refractivity contribution in [3.05, 3.63) is 131 Å². The molecule has 0 aliphatic carbocycles. The van der Waals surface area contributed by atoms with Crippen LogP contribution in [0.1, 0.15) is 43.4 Å². The Morgan fingerprint density at radius 2 is 1.35 bits per heavy atom. The van der Waals surface area contributed by atoms with Gasteiger partial charge in [-0.05, 0) is 92.6 Å². The van der Waals surface area contributed by atoms with Crippen LogP contribution in [0.2, 0.25) is 0 Å². The Morgan fingerprint density at radius 1 is 0.700 bits per heavy atom. The highest BCUT2D eigenvalue weighted by Gasteiger charge is 2.17. The lowest BCUT2D eigenvalue weighted by Crippen LogP contribution is -2.12. The molecule has 0 N–H and O–H groups in total. The minimum absolute atomic E-state index is 0.218. The lowest BCUT2D eigenvalue weighted by molar-refractivity contribution is 0.0508. The molecule has 0 saturated heterocycles. The van der Waals surface area contributed by atoms with E-state index in [0.29, 0.717) is 17.5 Å². The van der Waals surface area contributed by atoms with Gasteiger partial charge in [-0.2, -0.15) is 0 Å². The summed E-state index contributed by atoms with van der Waals surface area (Å²) in [5.74, 6) is -0.766. The van der Waals surface area contributed by atoms with Gasteiger partial charge >= 0.3 is 11.9 Å². The molecule has 3 aromatic carbocycles. The SMILES string of the molecule is COC(=O)c1ccc(CCOC(=O)c2ccc(-n3c(C)ccc3-c3ccccc3)cc2)cc1-n1c(C)ccc1C. The first-order valence-electron chi connectivity index (χ1n) is 13.3. The van der Waals surface area contributed by atoms with Crippen molar-refractivity contribution in [2.75, 3.05) is 13.7 Å². The lowest BCUT2D eigenvalue weighted by Gasteiger charge is -2.15. The number of carbonyl (C=O) groups excluding carboxylic acids is 2. The van der Waals surface area contributed by atoms with Crippen LogP contribution in [0.3, 0.4) is 0 Å². The van der Waals surface area contributed by atoms with Crippen LogP contribution in [0, 0.1) is 20.8 Å². The molecule has 2 aromatic heterocycles. The van der Waals surface area contributed by atoms with Gasteiger partial charge in [-0.15, -0.1) is 0 Å². The summed E-state index contributed by atoms with van der Waals surface area (Å²) < 4.78 is 14.8. The fourth-order valence-electron chi connectivity index (χ4n) is 5.06. The van der Waals surface area contributed by atoms with Crippen LogP contribution >= 0.6 is 0 Å². The van der Waals surface area contributed by atoms with E-state index in [9.17, 15) is 9.59 Å². The molecule has 202 valence electrons. The smallest absolute Gasteiger partial charge is 0.339 e. The quantitative estimate of drug-likeness (QED) is 0.201. The second-order valence-corrected chi connectivity index (χ2v) is 9.79. The Hall–Kier alpha value is -4.84. The number of rotatable bonds is 8. The molecule has 0 fully saturated rings. The molecule has 6 nitrogen and oxygen atoms in total. The van der Waals surface area contributed by atoms with Crippen LogP contribution in [-0.2, 0) is 15.9 Å². The van der Waals surface area contributed by atoms with E-state index < -0.39 is 5.97 Å². The largest absolute Gasteiger partial charge is 0.465 e. The normalized spacial score (nSPS) is 10.9. The molecule has 2 heterocycles. The summed E-state index contributed by atoms with van der Waals surface area (Å²) in [6, 6.07) is 31.5. The second-order valence-electron chi connectivity index (χ2n) is 9.79. The summed E-state index contributed by atoms with van der Waals surface area (Å²) in [4.78, 5) is 25.2. The van der Waals surface area contributed by atoms with Gasteiger partial charge in [0.25, 0.3) is 0 Å². The van der Waals surface area contributed by atoms with Crippen LogP contribution < -0.4 is 0 Å². The molecule has 0 amide bonds. The molecule has 0 aliphatic rings. The van der Waals surface area contributed by atoms with Crippen molar-refractivity contribution in [2.24, 2.45) is 0 Å². The summed E-state index contributed by atoms with van der Waals surface area (Å²) in [5.41, 5.74) is 9.02. The van der Waals surface area contributed by atoms with Crippen molar-refractivity contribution in [3.8, 4) is 22.6 Å². The van der Waals surface area contributed by atoms with E-state index in [2.05, 4.69) is 35.8 Å². The van der Waals surface area contributed by atoms with Crippen molar-refractivity contribution in [2.45, 2.75) is 27.2 Å². The number of ether oxygens (including phenoxy) is 2. The molecule has 5 aromatic rings. The molecule has 6 heteroatoms. The first kappa shape index (κ1) is 26.8. The number of methoxy groups -OCH3 is 1. The number of aromatic nitrogens is 2. The highest BCUT2D eigenvalue weighted by atomic mass is 16.5. The zero-order valence-corrected chi connectivity index (χ0v) is 23.2. The molecular formula is C34H32N2O4. The average Bonchev–Trinajstić information content (AvgIpc) is 3.53. The average molecular weight is 533 g/mol. The molecule has 0 spiro atoms. The van der Waals surface area contributed by atoms with E-state index in [1.54, 1.807) is 18.2 Å². The number of esters is 2. The summed E-state index contributed by atoms with van der Waals surface area (Å²) >= 11 is 0. The summed E-state index contributed by atoms with van der Waals surface area (Å²) in [5, 5.41) is 0. The maximum Gasteiger partial charge on any atom is 0.339 e. The molecule has 5 rings (SSSR count). The Balaban J connectivity index is 1.28. The van der Waals surface area contributed by atoms with E-state index in [4.69, 9.17) is 9.47 Å². The standard InChI is InChI=1S/C34H32N2O4/c1-23-10-11-24(2)35(23)32-22-26(13-18-30(32)34(38)39-4)20-21-40-33(37)28-14-16-29(17-15-28)36-25(3)12-19-31(36)27-8-6-5-7-9-27/h5-19,22H,20-21H2,1-4H3. The fourth-order valence-corrected chi connectivity index (χ4v) is 5.06. The molecule has 0 atom stereocenters. The maximum absolute atomic E-state index is 12.8. The lowest BCUT2D eigenvalue weighted by atomic mass is 10.1. The van der Waals surface area contributed by atoms with E-state index in [0.717, 1.165) is 45.3 Å². The molecule has 0 radical (unpaired) electrons. The molecule has 0 aliphatic heterocycles. The van der Waals surface area contributed by atoms with Crippen LogP contribution in [0.25, 0.3) is 22.6 Å². The van der Waals surface area contributed by atoms with E-state index in [-0.39, 0.29) is 12.6 Å². The topological polar surface area (TPSA) is 62.5 Å². The fraction of sp³-hybridized carbons (Fsp3) is 0.176. The third-order valence-electron chi connectivity index (χ3n) is 7.11. The van der Waals surface area contributed by atoms with Crippen molar-refractivity contribution in [1.29, 1.82) is 0 Å². The highest BCUT2D eigenvalue weighted by Crippen LogP contribution is 2.27. The van der Waals surface area contributed by atoms with Gasteiger partial charge in [0.2, 0.25) is 0 Å². The minimum atomic E-state index is -0.394. The van der Waals surface area contributed by atoms with Crippen LogP contribution in [0.15, 0.2) is 97.1 Å². The van der Waals surface area contributed by atoms with Gasteiger partial charge in [-0.1, -0.05) is 36.4 Å². The van der Waals surface area contributed by atoms with Crippen molar-refractivity contribution < 1.29 is 19.1 Å². The van der Waals surface area contributed by atoms with Gasteiger partial charge in [-0.3, -0.25) is 0 Å². The number of benzene rings is 3. The van der Waals surface area contributed by atoms with Gasteiger partial charge in [0, 0.05) is 29.2 Å². The van der Waals surface area contributed by atoms with Gasteiger partial charge in [0.05, 0.1) is 36.2 Å². The van der Waals surface area contributed by atoms with Crippen molar-refractivity contribution in [1.82, 2.24) is 9.13 Å². The van der Waals surface area contributed by atoms with Crippen LogP contribution in [-0.4, -0.2) is 34.8 Å². The van der Waals surface area contributed by atoms with E-state index >= 15 is 0 Å². The van der Waals surface area contributed by atoms with E-state index in [1.807, 2.05) is 73.0 Å². The number of hydrogen-bond donors (Lipinski definition) is 0. The zero-order valence-electron chi connectivity index (χ0n) is 23.2. The van der Waals surface area contributed by atoms with Crippen molar-refractivity contribution >= 4 is 11.9 Å². The Bertz CT molecular complexity index is 1640. The number of nitrogens with zero attached hydrogens (tertiary/aromatic N) is 2. The third kappa shape index (κ3) is 5.34. The van der Waals surface area contributed by atoms with Crippen LogP contribution in [0.4, 0.5) is 0 Å². The zero-order chi connectivity index (χ0) is 28.2. The molecular weight excluding hydrogens is 500 g/mol. The van der Waals surface area contributed by atoms with Crippen molar-refractivity contribution in [3.63, 3.8) is 0 Å². The Labute approximate surface area is 234 Å². The van der Waals surface area contributed by atoms with Gasteiger partial charge in [-0.25, -0.2) is 9.59 Å². The Morgan fingerprint density at radius 3 is 2.02 bits per heavy atom. The Kier molecular flexibility index (Phi) is 7.69. The van der Waals surface area contributed by atoms with Gasteiger partial charge in [0.15, 0.2) is 0 Å². The first-order chi connectivity index (χ1) is 19.4. The second kappa shape index (κ2) is 11.5. The number of carbonyl (C=O) groups is 2. The molecule has 40 heavy (non-hydrogen) atoms. The summed E-state index contributed by atoms with van der Waals surface area (Å²) in [7, 11) is 1.38. The predicted octanol–water partition coefficient (Wildman–Crippen LogP) is 7.05. The highest BCUT2D eigenvalue weighted by molar-refractivity contribution is 5.93. The molecule has 0 bridgehead atoms. The first-order valence-corrected chi connectivity index (χ1v) is 13.3. The summed E-state index contributed by atoms with van der Waals surface area (Å²) in [6.45, 7) is 6.27. The monoisotopic (exact) mass is 532 g/mol. The van der Waals surface area contributed by atoms with E-state index in [1.165, 1.54) is 7.11 Å². The van der Waals surface area contributed by atoms with Crippen LogP contribution in [0.5, 0.6) is 0 Å². The number of aryl methyl sites for hydroxylation is 3. The van der Waals surface area contributed by atoms with Gasteiger partial charge < -0.3 is 18.6 Å². The third-order valence-corrected chi connectivity index (χ3v) is 7.11. The molecule has 0 saturated carbocycles. The summed E-state index contributed by atoms with van der Waals surface area (Å²) in [6.07, 6.45) is 0.515. The number of hydrogen-bond acceptors (Lipinski definition) is 4. The molecule has 0 unspecified atom stereocenters. The van der Waals surface area contributed by atoms with Gasteiger partial charge in [0.1, 0.15) is 0 Å².